The average molecular weight is 290 g/mol. The quantitative estimate of drug-likeness (QED) is 0.857. The van der Waals surface area contributed by atoms with E-state index in [9.17, 15) is 9.18 Å². The fourth-order valence-corrected chi connectivity index (χ4v) is 1.85. The Kier molecular flexibility index (Phi) is 5.05. The second kappa shape index (κ2) is 6.99. The van der Waals surface area contributed by atoms with E-state index in [0.29, 0.717) is 12.6 Å². The smallest absolute Gasteiger partial charge is 0.244 e. The van der Waals surface area contributed by atoms with Crippen LogP contribution >= 0.6 is 0 Å². The highest BCUT2D eigenvalue weighted by atomic mass is 19.1. The Bertz CT molecular complexity index is 609. The number of anilines is 1. The maximum Gasteiger partial charge on any atom is 0.244 e. The number of aromatic nitrogens is 2. The first-order valence-corrected chi connectivity index (χ1v) is 6.84. The van der Waals surface area contributed by atoms with Crippen LogP contribution in [0.4, 0.5) is 10.1 Å². The van der Waals surface area contributed by atoms with Gasteiger partial charge < -0.3 is 15.2 Å². The van der Waals surface area contributed by atoms with Gasteiger partial charge in [-0.3, -0.25) is 4.79 Å². The van der Waals surface area contributed by atoms with Crippen LogP contribution in [0.3, 0.4) is 0 Å². The number of nitrogens with one attached hydrogen (secondary N) is 2. The van der Waals surface area contributed by atoms with Gasteiger partial charge >= 0.3 is 0 Å². The molecule has 0 aliphatic carbocycles. The van der Waals surface area contributed by atoms with Crippen LogP contribution in [0.15, 0.2) is 36.7 Å². The van der Waals surface area contributed by atoms with Crippen molar-refractivity contribution in [1.82, 2.24) is 14.9 Å². The summed E-state index contributed by atoms with van der Waals surface area (Å²) in [5.74, 6) is 0.0365. The van der Waals surface area contributed by atoms with E-state index >= 15 is 0 Å². The molecular formula is C15H19FN4O. The molecule has 0 aliphatic rings. The number of amides is 1. The first-order chi connectivity index (χ1) is 10.1. The second-order valence-electron chi connectivity index (χ2n) is 5.03. The number of imidazole rings is 1. The molecule has 21 heavy (non-hydrogen) atoms. The number of benzene rings is 1. The molecule has 2 rings (SSSR count). The van der Waals surface area contributed by atoms with Crippen LogP contribution in [0.2, 0.25) is 0 Å². The molecule has 1 amide bonds. The SMILES string of the molecule is CC(C)NCc1nccn1CC(=O)Nc1ccccc1F. The molecule has 0 fully saturated rings. The molecule has 6 heteroatoms. The highest BCUT2D eigenvalue weighted by Gasteiger charge is 2.10. The molecule has 0 bridgehead atoms. The standard InChI is InChI=1S/C15H19FN4O/c1-11(2)18-9-14-17-7-8-20(14)10-15(21)19-13-6-4-3-5-12(13)16/h3-8,11,18H,9-10H2,1-2H3,(H,19,21). The Morgan fingerprint density at radius 2 is 2.14 bits per heavy atom. The number of carbonyl (C=O) groups excluding carboxylic acids is 1. The van der Waals surface area contributed by atoms with Gasteiger partial charge in [-0.15, -0.1) is 0 Å². The molecule has 1 aromatic carbocycles. The molecule has 0 saturated carbocycles. The number of para-hydroxylation sites is 1. The summed E-state index contributed by atoms with van der Waals surface area (Å²) in [7, 11) is 0. The maximum atomic E-state index is 13.5. The van der Waals surface area contributed by atoms with Crippen molar-refractivity contribution < 1.29 is 9.18 Å². The van der Waals surface area contributed by atoms with E-state index in [1.165, 1.54) is 12.1 Å². The Hall–Kier alpha value is -2.21. The molecule has 0 saturated heterocycles. The third-order valence-corrected chi connectivity index (χ3v) is 2.93. The lowest BCUT2D eigenvalue weighted by Crippen LogP contribution is -2.26. The van der Waals surface area contributed by atoms with E-state index < -0.39 is 5.82 Å². The molecule has 0 atom stereocenters. The lowest BCUT2D eigenvalue weighted by atomic mass is 10.3. The summed E-state index contributed by atoms with van der Waals surface area (Å²) in [5.41, 5.74) is 0.185. The van der Waals surface area contributed by atoms with Crippen molar-refractivity contribution in [2.75, 3.05) is 5.32 Å². The van der Waals surface area contributed by atoms with Crippen molar-refractivity contribution in [3.8, 4) is 0 Å². The van der Waals surface area contributed by atoms with E-state index in [1.54, 1.807) is 29.1 Å². The zero-order chi connectivity index (χ0) is 15.2. The van der Waals surface area contributed by atoms with Crippen LogP contribution in [-0.2, 0) is 17.9 Å². The normalized spacial score (nSPS) is 10.9. The first kappa shape index (κ1) is 15.2. The van der Waals surface area contributed by atoms with Gasteiger partial charge in [0.2, 0.25) is 5.91 Å². The fourth-order valence-electron chi connectivity index (χ4n) is 1.85. The molecule has 0 unspecified atom stereocenters. The van der Waals surface area contributed by atoms with Gasteiger partial charge in [-0.05, 0) is 12.1 Å². The van der Waals surface area contributed by atoms with E-state index in [-0.39, 0.29) is 18.1 Å². The molecule has 0 radical (unpaired) electrons. The van der Waals surface area contributed by atoms with E-state index in [0.717, 1.165) is 5.82 Å². The Labute approximate surface area is 123 Å². The van der Waals surface area contributed by atoms with Crippen molar-refractivity contribution >= 4 is 11.6 Å². The minimum absolute atomic E-state index is 0.101. The molecule has 2 aromatic rings. The topological polar surface area (TPSA) is 59.0 Å². The minimum atomic E-state index is -0.446. The third-order valence-electron chi connectivity index (χ3n) is 2.93. The first-order valence-electron chi connectivity index (χ1n) is 6.84. The molecule has 0 spiro atoms. The van der Waals surface area contributed by atoms with E-state index in [4.69, 9.17) is 0 Å². The van der Waals surface area contributed by atoms with Gasteiger partial charge in [0.05, 0.1) is 12.2 Å². The lowest BCUT2D eigenvalue weighted by Gasteiger charge is -2.11. The number of nitrogens with zero attached hydrogens (tertiary/aromatic N) is 2. The largest absolute Gasteiger partial charge is 0.324 e. The van der Waals surface area contributed by atoms with Gasteiger partial charge in [0.15, 0.2) is 0 Å². The summed E-state index contributed by atoms with van der Waals surface area (Å²) in [5, 5.41) is 5.80. The summed E-state index contributed by atoms with van der Waals surface area (Å²) < 4.78 is 15.2. The minimum Gasteiger partial charge on any atom is -0.324 e. The molecule has 1 aromatic heterocycles. The van der Waals surface area contributed by atoms with Gasteiger partial charge in [-0.1, -0.05) is 26.0 Å². The lowest BCUT2D eigenvalue weighted by molar-refractivity contribution is -0.116. The van der Waals surface area contributed by atoms with Crippen LogP contribution < -0.4 is 10.6 Å². The zero-order valence-corrected chi connectivity index (χ0v) is 12.1. The van der Waals surface area contributed by atoms with Crippen LogP contribution in [0.1, 0.15) is 19.7 Å². The summed E-state index contributed by atoms with van der Waals surface area (Å²) >= 11 is 0. The molecule has 5 nitrogen and oxygen atoms in total. The summed E-state index contributed by atoms with van der Waals surface area (Å²) in [6.07, 6.45) is 3.38. The Morgan fingerprint density at radius 3 is 2.86 bits per heavy atom. The molecule has 2 N–H and O–H groups in total. The predicted octanol–water partition coefficient (Wildman–Crippen LogP) is 2.16. The molecular weight excluding hydrogens is 271 g/mol. The van der Waals surface area contributed by atoms with Crippen LogP contribution in [0, 0.1) is 5.82 Å². The molecule has 0 aliphatic heterocycles. The number of carbonyl (C=O) groups is 1. The van der Waals surface area contributed by atoms with Crippen LogP contribution in [-0.4, -0.2) is 21.5 Å². The summed E-state index contributed by atoms with van der Waals surface area (Å²) in [6, 6.07) is 6.43. The second-order valence-corrected chi connectivity index (χ2v) is 5.03. The zero-order valence-electron chi connectivity index (χ0n) is 12.1. The van der Waals surface area contributed by atoms with Gasteiger partial charge in [-0.25, -0.2) is 9.37 Å². The van der Waals surface area contributed by atoms with Crippen molar-refractivity contribution in [3.63, 3.8) is 0 Å². The number of hydrogen-bond acceptors (Lipinski definition) is 3. The predicted molar refractivity (Wildman–Crippen MR) is 79.2 cm³/mol. The fraction of sp³-hybridized carbons (Fsp3) is 0.333. The van der Waals surface area contributed by atoms with E-state index in [1.807, 2.05) is 13.8 Å². The molecule has 1 heterocycles. The number of halogens is 1. The van der Waals surface area contributed by atoms with Crippen LogP contribution in [0.25, 0.3) is 0 Å². The van der Waals surface area contributed by atoms with Crippen molar-refractivity contribution in [2.24, 2.45) is 0 Å². The summed E-state index contributed by atoms with van der Waals surface area (Å²) in [6.45, 7) is 4.76. The number of hydrogen-bond donors (Lipinski definition) is 2. The van der Waals surface area contributed by atoms with Crippen molar-refractivity contribution in [1.29, 1.82) is 0 Å². The van der Waals surface area contributed by atoms with Gasteiger partial charge in [0.25, 0.3) is 0 Å². The van der Waals surface area contributed by atoms with Gasteiger partial charge in [0, 0.05) is 18.4 Å². The number of rotatable bonds is 6. The average Bonchev–Trinajstić information content (AvgIpc) is 2.86. The van der Waals surface area contributed by atoms with Gasteiger partial charge in [-0.2, -0.15) is 0 Å². The highest BCUT2D eigenvalue weighted by Crippen LogP contribution is 2.12. The Morgan fingerprint density at radius 1 is 1.38 bits per heavy atom. The van der Waals surface area contributed by atoms with Gasteiger partial charge in [0.1, 0.15) is 18.2 Å². The van der Waals surface area contributed by atoms with Crippen molar-refractivity contribution in [2.45, 2.75) is 33.0 Å². The maximum absolute atomic E-state index is 13.5. The van der Waals surface area contributed by atoms with Crippen molar-refractivity contribution in [3.05, 3.63) is 48.3 Å². The summed E-state index contributed by atoms with van der Waals surface area (Å²) in [4.78, 5) is 16.2. The van der Waals surface area contributed by atoms with E-state index in [2.05, 4.69) is 15.6 Å². The monoisotopic (exact) mass is 290 g/mol. The molecule has 112 valence electrons. The van der Waals surface area contributed by atoms with Crippen LogP contribution in [0.5, 0.6) is 0 Å². The highest BCUT2D eigenvalue weighted by molar-refractivity contribution is 5.90. The third kappa shape index (κ3) is 4.39. The Balaban J connectivity index is 1.97.